The minimum atomic E-state index is -1.87. The first-order chi connectivity index (χ1) is 24.5. The number of allylic oxidation sites excluding steroid dienone is 3. The minimum Gasteiger partial charge on any atom is -0.495 e. The van der Waals surface area contributed by atoms with Gasteiger partial charge in [0.25, 0.3) is 5.69 Å². The summed E-state index contributed by atoms with van der Waals surface area (Å²) in [6.45, 7) is 5.27. The van der Waals surface area contributed by atoms with Crippen molar-refractivity contribution in [2.24, 2.45) is 5.92 Å². The van der Waals surface area contributed by atoms with E-state index < -0.39 is 76.8 Å². The number of rotatable bonds is 5. The summed E-state index contributed by atoms with van der Waals surface area (Å²) >= 11 is 12.6. The van der Waals surface area contributed by atoms with E-state index in [0.717, 1.165) is 17.2 Å². The van der Waals surface area contributed by atoms with Crippen LogP contribution in [0.3, 0.4) is 0 Å². The number of epoxide rings is 1. The highest BCUT2D eigenvalue weighted by molar-refractivity contribution is 6.35. The molecule has 15 nitrogen and oxygen atoms in total. The van der Waals surface area contributed by atoms with E-state index in [0.29, 0.717) is 17.9 Å². The Bertz CT molecular complexity index is 1820. The molecule has 0 radical (unpaired) electrons. The average molecular weight is 764 g/mol. The molecule has 7 atom stereocenters. The Labute approximate surface area is 309 Å². The number of nitrogens with zero attached hydrogens (tertiary/aromatic N) is 2. The fraction of sp³-hybridized carbons (Fsp3) is 0.457. The standard InChI is InChI=1S/C35H40Cl2N4O11/c1-18-8-7-9-27(49-6)35(45)17-26(50-33(44)39-35)19(2)31-34(3,52-31)28(51-32(43)38-22-11-10-21(36)15-23(22)41(46)47)16-29(42)40(4)24-13-20(12-18)14-25(48-5)30(24)37/h7-11,13-15,19,26-28,31,45H,12,16-17H2,1-6H3,(H,38,43)(H,39,44)/b9-7+,18-8+/t19-,26+,27-,28+,31+,34+,35+/m1/s1. The van der Waals surface area contributed by atoms with Crippen LogP contribution in [0.2, 0.25) is 10.0 Å². The number of hydrogen-bond acceptors (Lipinski definition) is 11. The van der Waals surface area contributed by atoms with E-state index >= 15 is 0 Å². The molecule has 5 rings (SSSR count). The fourth-order valence-electron chi connectivity index (χ4n) is 6.64. The van der Waals surface area contributed by atoms with Crippen LogP contribution in [-0.4, -0.2) is 85.1 Å². The van der Waals surface area contributed by atoms with Crippen molar-refractivity contribution in [3.8, 4) is 5.75 Å². The Morgan fingerprint density at radius 2 is 1.94 bits per heavy atom. The van der Waals surface area contributed by atoms with Gasteiger partial charge in [-0.2, -0.15) is 0 Å². The van der Waals surface area contributed by atoms with Crippen LogP contribution in [0.4, 0.5) is 26.7 Å². The van der Waals surface area contributed by atoms with Crippen molar-refractivity contribution in [1.29, 1.82) is 0 Å². The Morgan fingerprint density at radius 1 is 1.21 bits per heavy atom. The minimum absolute atomic E-state index is 0.0818. The maximum absolute atomic E-state index is 14.0. The predicted molar refractivity (Wildman–Crippen MR) is 191 cm³/mol. The van der Waals surface area contributed by atoms with Gasteiger partial charge in [-0.3, -0.25) is 25.5 Å². The van der Waals surface area contributed by atoms with Gasteiger partial charge in [0.1, 0.15) is 40.4 Å². The highest BCUT2D eigenvalue weighted by Crippen LogP contribution is 2.49. The normalized spacial score (nSPS) is 30.8. The number of fused-ring (bicyclic) bond motifs is 5. The molecule has 0 saturated carbocycles. The molecule has 17 heteroatoms. The fourth-order valence-corrected chi connectivity index (χ4v) is 7.11. The molecule has 4 bridgehead atoms. The molecule has 3 N–H and O–H groups in total. The largest absolute Gasteiger partial charge is 0.495 e. The number of anilines is 2. The monoisotopic (exact) mass is 762 g/mol. The van der Waals surface area contributed by atoms with Gasteiger partial charge in [-0.25, -0.2) is 9.59 Å². The molecule has 2 saturated heterocycles. The summed E-state index contributed by atoms with van der Waals surface area (Å²) in [5.74, 6) is -0.780. The number of carbonyl (C=O) groups is 3. The van der Waals surface area contributed by atoms with Crippen molar-refractivity contribution in [1.82, 2.24) is 5.32 Å². The van der Waals surface area contributed by atoms with Gasteiger partial charge in [-0.15, -0.1) is 0 Å². The van der Waals surface area contributed by atoms with E-state index in [1.807, 2.05) is 13.0 Å². The number of nitro benzene ring substituents is 1. The van der Waals surface area contributed by atoms with E-state index in [4.69, 9.17) is 46.9 Å². The molecule has 2 aromatic carbocycles. The lowest BCUT2D eigenvalue weighted by atomic mass is 9.83. The number of alkyl carbamates (subject to hydrolysis) is 1. The third-order valence-electron chi connectivity index (χ3n) is 9.59. The van der Waals surface area contributed by atoms with Gasteiger partial charge in [0.15, 0.2) is 5.72 Å². The van der Waals surface area contributed by atoms with Gasteiger partial charge >= 0.3 is 12.2 Å². The van der Waals surface area contributed by atoms with Crippen molar-refractivity contribution < 1.29 is 48.1 Å². The molecule has 2 aromatic rings. The summed E-state index contributed by atoms with van der Waals surface area (Å²) < 4.78 is 28.7. The lowest BCUT2D eigenvalue weighted by molar-refractivity contribution is -0.383. The molecule has 0 spiro atoms. The van der Waals surface area contributed by atoms with Crippen LogP contribution in [0, 0.1) is 16.0 Å². The highest BCUT2D eigenvalue weighted by Gasteiger charge is 2.64. The second-order valence-corrected chi connectivity index (χ2v) is 14.0. The van der Waals surface area contributed by atoms with E-state index in [2.05, 4.69) is 10.6 Å². The van der Waals surface area contributed by atoms with Gasteiger partial charge in [-0.05, 0) is 50.1 Å². The maximum Gasteiger partial charge on any atom is 0.412 e. The molecule has 2 fully saturated rings. The molecule has 3 aliphatic rings. The zero-order valence-corrected chi connectivity index (χ0v) is 30.8. The molecule has 0 aromatic heterocycles. The molecule has 0 unspecified atom stereocenters. The third kappa shape index (κ3) is 8.13. The van der Waals surface area contributed by atoms with E-state index in [1.54, 1.807) is 38.1 Å². The molecule has 3 heterocycles. The van der Waals surface area contributed by atoms with Crippen LogP contribution in [-0.2, 0) is 30.2 Å². The Hall–Kier alpha value is -4.41. The summed E-state index contributed by atoms with van der Waals surface area (Å²) in [4.78, 5) is 52.5. The number of ether oxygens (including phenoxy) is 5. The Morgan fingerprint density at radius 3 is 2.62 bits per heavy atom. The number of amides is 3. The van der Waals surface area contributed by atoms with Crippen LogP contribution in [0.5, 0.6) is 5.75 Å². The number of halogens is 2. The first-order valence-corrected chi connectivity index (χ1v) is 17.1. The Kier molecular flexibility index (Phi) is 11.4. The van der Waals surface area contributed by atoms with Crippen molar-refractivity contribution in [3.63, 3.8) is 0 Å². The lowest BCUT2D eigenvalue weighted by Gasteiger charge is -2.42. The molecule has 52 heavy (non-hydrogen) atoms. The molecular weight excluding hydrogens is 723 g/mol. The van der Waals surface area contributed by atoms with Crippen LogP contribution in [0.1, 0.15) is 39.2 Å². The molecule has 0 aliphatic carbocycles. The zero-order valence-electron chi connectivity index (χ0n) is 29.3. The summed E-state index contributed by atoms with van der Waals surface area (Å²) in [6, 6.07) is 7.19. The van der Waals surface area contributed by atoms with Crippen LogP contribution in [0.25, 0.3) is 0 Å². The first-order valence-electron chi connectivity index (χ1n) is 16.3. The summed E-state index contributed by atoms with van der Waals surface area (Å²) in [7, 11) is 4.38. The second-order valence-electron chi connectivity index (χ2n) is 13.2. The van der Waals surface area contributed by atoms with Crippen LogP contribution >= 0.6 is 23.2 Å². The zero-order chi connectivity index (χ0) is 38.1. The van der Waals surface area contributed by atoms with Gasteiger partial charge in [-0.1, -0.05) is 53.9 Å². The lowest BCUT2D eigenvalue weighted by Crippen LogP contribution is -2.63. The summed E-state index contributed by atoms with van der Waals surface area (Å²) in [5, 5.41) is 28.5. The quantitative estimate of drug-likeness (QED) is 0.186. The van der Waals surface area contributed by atoms with Crippen molar-refractivity contribution >= 4 is 58.4 Å². The van der Waals surface area contributed by atoms with Crippen molar-refractivity contribution in [2.75, 3.05) is 31.5 Å². The maximum atomic E-state index is 14.0. The van der Waals surface area contributed by atoms with E-state index in [1.165, 1.54) is 38.3 Å². The SMILES string of the molecule is COc1cc2cc(c1Cl)N(C)C(=O)C[C@H](OC(=O)Nc1ccc(Cl)cc1[N+](=O)[O-])[C@]1(C)O[C@H]1[C@H](C)[C@@H]1C[C@@](O)(NC(=O)O1)[C@H](OC)/C=C/C=C(\C)C2. The van der Waals surface area contributed by atoms with Crippen LogP contribution < -0.4 is 20.3 Å². The molecular formula is C35H40Cl2N4O11. The number of nitro groups is 1. The average Bonchev–Trinajstić information content (AvgIpc) is 3.78. The smallest absolute Gasteiger partial charge is 0.412 e. The number of benzene rings is 2. The van der Waals surface area contributed by atoms with E-state index in [-0.39, 0.29) is 22.2 Å². The van der Waals surface area contributed by atoms with Crippen molar-refractivity contribution in [3.05, 3.63) is 79.9 Å². The molecule has 280 valence electrons. The topological polar surface area (TPSA) is 191 Å². The van der Waals surface area contributed by atoms with Crippen LogP contribution in [0.15, 0.2) is 54.1 Å². The van der Waals surface area contributed by atoms with Gasteiger partial charge in [0, 0.05) is 37.6 Å². The molecule has 3 amide bonds. The number of methoxy groups -OCH3 is 2. The number of carbonyl (C=O) groups excluding carboxylic acids is 3. The number of hydrogen-bond donors (Lipinski definition) is 3. The number of nitrogens with one attached hydrogen (secondary N) is 2. The van der Waals surface area contributed by atoms with Gasteiger partial charge in [0.2, 0.25) is 5.91 Å². The van der Waals surface area contributed by atoms with E-state index in [9.17, 15) is 29.6 Å². The second kappa shape index (κ2) is 15.3. The highest BCUT2D eigenvalue weighted by atomic mass is 35.5. The number of aliphatic hydroxyl groups is 1. The van der Waals surface area contributed by atoms with Gasteiger partial charge in [0.05, 0.1) is 30.2 Å². The third-order valence-corrected chi connectivity index (χ3v) is 10.2. The van der Waals surface area contributed by atoms with Crippen molar-refractivity contribution in [2.45, 2.75) is 75.8 Å². The molecule has 3 aliphatic heterocycles. The first kappa shape index (κ1) is 38.8. The predicted octanol–water partition coefficient (Wildman–Crippen LogP) is 5.93. The summed E-state index contributed by atoms with van der Waals surface area (Å²) in [5.41, 5.74) is -1.85. The van der Waals surface area contributed by atoms with Gasteiger partial charge < -0.3 is 33.7 Å². The summed E-state index contributed by atoms with van der Waals surface area (Å²) in [6.07, 6.45) is -0.792. The Balaban J connectivity index is 1.55.